The Morgan fingerprint density at radius 2 is 1.30 bits per heavy atom. The van der Waals surface area contributed by atoms with Crippen LogP contribution in [0.25, 0.3) is 0 Å². The minimum atomic E-state index is -0.606. The van der Waals surface area contributed by atoms with Crippen LogP contribution in [0.2, 0.25) is 0 Å². The van der Waals surface area contributed by atoms with Gasteiger partial charge in [-0.15, -0.1) is 0 Å². The van der Waals surface area contributed by atoms with E-state index in [1.807, 2.05) is 13.8 Å². The summed E-state index contributed by atoms with van der Waals surface area (Å²) in [4.78, 5) is 37.7. The minimum absolute atomic E-state index is 0.129. The zero-order valence-corrected chi connectivity index (χ0v) is 13.6. The molecule has 2 aliphatic rings. The van der Waals surface area contributed by atoms with Crippen molar-refractivity contribution in [2.75, 3.05) is 13.2 Å². The second kappa shape index (κ2) is 5.31. The van der Waals surface area contributed by atoms with Gasteiger partial charge in [0.1, 0.15) is 11.2 Å². The van der Waals surface area contributed by atoms with Crippen molar-refractivity contribution >= 4 is 0 Å². The Morgan fingerprint density at radius 1 is 0.913 bits per heavy atom. The fraction of sp³-hybridized carbons (Fsp3) is 0.667. The molecule has 0 radical (unpaired) electrons. The molecule has 1 aromatic heterocycles. The molecule has 2 unspecified atom stereocenters. The molecule has 23 heavy (non-hydrogen) atoms. The molecule has 0 saturated carbocycles. The minimum Gasteiger partial charge on any atom is -0.368 e. The molecule has 0 aliphatic carbocycles. The fourth-order valence-electron chi connectivity index (χ4n) is 2.42. The van der Waals surface area contributed by atoms with Gasteiger partial charge in [-0.3, -0.25) is 0 Å². The summed E-state index contributed by atoms with van der Waals surface area (Å²) in [5.74, 6) is 0. The summed E-state index contributed by atoms with van der Waals surface area (Å²) in [5.41, 5.74) is -2.83. The Morgan fingerprint density at radius 3 is 1.65 bits per heavy atom. The highest BCUT2D eigenvalue weighted by Gasteiger charge is 2.43. The Hall–Kier alpha value is -1.93. The molecule has 3 heterocycles. The summed E-state index contributed by atoms with van der Waals surface area (Å²) < 4.78 is 13.8. The maximum Gasteiger partial charge on any atom is 0.336 e. The van der Waals surface area contributed by atoms with Gasteiger partial charge < -0.3 is 9.47 Å². The van der Waals surface area contributed by atoms with Gasteiger partial charge in [-0.05, 0) is 20.8 Å². The molecule has 2 aliphatic heterocycles. The van der Waals surface area contributed by atoms with Crippen LogP contribution in [0.5, 0.6) is 0 Å². The molecule has 126 valence electrons. The van der Waals surface area contributed by atoms with E-state index >= 15 is 0 Å². The highest BCUT2D eigenvalue weighted by molar-refractivity contribution is 4.94. The predicted octanol–water partition coefficient (Wildman–Crippen LogP) is -0.674. The first-order chi connectivity index (χ1) is 10.8. The van der Waals surface area contributed by atoms with Crippen molar-refractivity contribution in [2.24, 2.45) is 0 Å². The van der Waals surface area contributed by atoms with Crippen LogP contribution in [0.15, 0.2) is 26.5 Å². The first-order valence-corrected chi connectivity index (χ1v) is 7.62. The quantitative estimate of drug-likeness (QED) is 0.511. The van der Waals surface area contributed by atoms with Gasteiger partial charge in [0.15, 0.2) is 0 Å². The molecule has 0 aromatic carbocycles. The Labute approximate surface area is 132 Å². The summed E-state index contributed by atoms with van der Waals surface area (Å²) in [6, 6.07) is 0. The second-order valence-corrected chi connectivity index (χ2v) is 6.68. The van der Waals surface area contributed by atoms with Gasteiger partial charge in [-0.2, -0.15) is 0 Å². The van der Waals surface area contributed by atoms with Crippen molar-refractivity contribution in [3.8, 4) is 0 Å². The van der Waals surface area contributed by atoms with Gasteiger partial charge in [0.05, 0.1) is 32.8 Å². The average Bonchev–Trinajstić information content (AvgIpc) is 3.41. The molecule has 8 heteroatoms. The average molecular weight is 323 g/mol. The molecule has 0 N–H and O–H groups in total. The lowest BCUT2D eigenvalue weighted by Crippen LogP contribution is -2.56. The van der Waals surface area contributed by atoms with Crippen molar-refractivity contribution in [3.63, 3.8) is 0 Å². The third kappa shape index (κ3) is 3.09. The molecular weight excluding hydrogens is 302 g/mol. The van der Waals surface area contributed by atoms with E-state index in [0.717, 1.165) is 13.7 Å². The number of nitrogens with zero attached hydrogens (tertiary/aromatic N) is 3. The summed E-state index contributed by atoms with van der Waals surface area (Å²) in [7, 11) is 0. The topological polar surface area (TPSA) is 91.1 Å². The molecule has 1 aromatic rings. The van der Waals surface area contributed by atoms with Gasteiger partial charge in [-0.1, -0.05) is 12.2 Å². The van der Waals surface area contributed by atoms with E-state index in [4.69, 9.17) is 9.47 Å². The highest BCUT2D eigenvalue weighted by atomic mass is 16.6. The van der Waals surface area contributed by atoms with Crippen LogP contribution >= 0.6 is 0 Å². The van der Waals surface area contributed by atoms with Crippen LogP contribution in [-0.4, -0.2) is 38.1 Å². The van der Waals surface area contributed by atoms with Gasteiger partial charge in [0.25, 0.3) is 0 Å². The van der Waals surface area contributed by atoms with E-state index < -0.39 is 28.3 Å². The predicted molar refractivity (Wildman–Crippen MR) is 82.8 cm³/mol. The number of hydrogen-bond donors (Lipinski definition) is 0. The van der Waals surface area contributed by atoms with Crippen LogP contribution in [0.4, 0.5) is 0 Å². The monoisotopic (exact) mass is 323 g/mol. The molecule has 2 fully saturated rings. The lowest BCUT2D eigenvalue weighted by molar-refractivity contribution is 0.262. The summed E-state index contributed by atoms with van der Waals surface area (Å²) in [5, 5.41) is 0. The number of allylic oxidation sites excluding steroid dienone is 2. The molecule has 3 rings (SSSR count). The SMILES string of the molecule is CC=CCn1c(=O)n(CC2(C)CO2)c(=O)n(CC2(C)CO2)c1=O. The normalized spacial score (nSPS) is 29.2. The number of ether oxygens (including phenoxy) is 2. The molecule has 0 amide bonds. The zero-order valence-electron chi connectivity index (χ0n) is 13.6. The molecule has 2 saturated heterocycles. The molecule has 2 atom stereocenters. The number of hydrogen-bond acceptors (Lipinski definition) is 5. The Balaban J connectivity index is 2.13. The van der Waals surface area contributed by atoms with Crippen LogP contribution in [0, 0.1) is 0 Å². The lowest BCUT2D eigenvalue weighted by atomic mass is 10.2. The number of rotatable bonds is 6. The molecule has 0 spiro atoms. The van der Waals surface area contributed by atoms with Crippen molar-refractivity contribution in [3.05, 3.63) is 43.6 Å². The standard InChI is InChI=1S/C15H21N3O5/c1-4-5-6-16-11(19)17(7-14(2)9-22-14)13(21)18(12(16)20)8-15(3)10-23-15/h4-5H,6-10H2,1-3H3. The summed E-state index contributed by atoms with van der Waals surface area (Å²) in [6.07, 6.45) is 3.45. The first kappa shape index (κ1) is 15.9. The van der Waals surface area contributed by atoms with Crippen LogP contribution in [0.3, 0.4) is 0 Å². The van der Waals surface area contributed by atoms with E-state index in [1.54, 1.807) is 19.1 Å². The van der Waals surface area contributed by atoms with E-state index in [9.17, 15) is 14.4 Å². The Bertz CT molecular complexity index is 763. The Kier molecular flexibility index (Phi) is 3.68. The van der Waals surface area contributed by atoms with Crippen molar-refractivity contribution < 1.29 is 9.47 Å². The second-order valence-electron chi connectivity index (χ2n) is 6.68. The third-order valence-corrected chi connectivity index (χ3v) is 4.17. The number of aromatic nitrogens is 3. The van der Waals surface area contributed by atoms with E-state index in [2.05, 4.69) is 0 Å². The fourth-order valence-corrected chi connectivity index (χ4v) is 2.42. The van der Waals surface area contributed by atoms with Crippen LogP contribution < -0.4 is 17.1 Å². The number of epoxide rings is 2. The summed E-state index contributed by atoms with van der Waals surface area (Å²) >= 11 is 0. The maximum atomic E-state index is 12.6. The van der Waals surface area contributed by atoms with Crippen LogP contribution in [0.1, 0.15) is 20.8 Å². The molecule has 8 nitrogen and oxygen atoms in total. The lowest BCUT2D eigenvalue weighted by Gasteiger charge is -2.15. The maximum absolute atomic E-state index is 12.6. The van der Waals surface area contributed by atoms with E-state index in [1.165, 1.54) is 0 Å². The van der Waals surface area contributed by atoms with Gasteiger partial charge in [0, 0.05) is 0 Å². The third-order valence-electron chi connectivity index (χ3n) is 4.17. The zero-order chi connectivity index (χ0) is 16.8. The van der Waals surface area contributed by atoms with Crippen molar-refractivity contribution in [2.45, 2.75) is 51.6 Å². The molecular formula is C15H21N3O5. The smallest absolute Gasteiger partial charge is 0.336 e. The first-order valence-electron chi connectivity index (χ1n) is 7.62. The van der Waals surface area contributed by atoms with E-state index in [-0.39, 0.29) is 19.6 Å². The highest BCUT2D eigenvalue weighted by Crippen LogP contribution is 2.27. The van der Waals surface area contributed by atoms with E-state index in [0.29, 0.717) is 13.2 Å². The van der Waals surface area contributed by atoms with Crippen LogP contribution in [-0.2, 0) is 29.1 Å². The van der Waals surface area contributed by atoms with Gasteiger partial charge in [-0.25, -0.2) is 28.1 Å². The van der Waals surface area contributed by atoms with Gasteiger partial charge >= 0.3 is 17.1 Å². The van der Waals surface area contributed by atoms with Crippen molar-refractivity contribution in [1.29, 1.82) is 0 Å². The van der Waals surface area contributed by atoms with Gasteiger partial charge in [0.2, 0.25) is 0 Å². The largest absolute Gasteiger partial charge is 0.368 e. The molecule has 0 bridgehead atoms. The summed E-state index contributed by atoms with van der Waals surface area (Å²) in [6.45, 7) is 6.85. The van der Waals surface area contributed by atoms with Crippen molar-refractivity contribution in [1.82, 2.24) is 13.7 Å².